The van der Waals surface area contributed by atoms with Gasteiger partial charge < -0.3 is 14.4 Å². The Bertz CT molecular complexity index is 1190. The average Bonchev–Trinajstić information content (AvgIpc) is 3.41. The summed E-state index contributed by atoms with van der Waals surface area (Å²) in [5.74, 6) is 0.930. The van der Waals surface area contributed by atoms with Crippen LogP contribution in [0.4, 0.5) is 0 Å². The number of hydrogen-bond acceptors (Lipinski definition) is 8. The molecule has 1 amide bonds. The molecule has 1 aliphatic rings. The molecule has 1 aliphatic heterocycles. The fraction of sp³-hybridized carbons (Fsp3) is 0.455. The van der Waals surface area contributed by atoms with Gasteiger partial charge in [-0.1, -0.05) is 40.6 Å². The summed E-state index contributed by atoms with van der Waals surface area (Å²) in [6, 6.07) is 9.54. The van der Waals surface area contributed by atoms with Gasteiger partial charge in [0.1, 0.15) is 10.6 Å². The second-order valence-electron chi connectivity index (χ2n) is 8.11. The monoisotopic (exact) mass is 473 g/mol. The zero-order chi connectivity index (χ0) is 23.4. The lowest BCUT2D eigenvalue weighted by Crippen LogP contribution is -2.36. The molecule has 1 N–H and O–H groups in total. The summed E-state index contributed by atoms with van der Waals surface area (Å²) < 4.78 is 38.6. The average molecular weight is 474 g/mol. The number of aromatic nitrogens is 3. The van der Waals surface area contributed by atoms with Crippen LogP contribution in [0.2, 0.25) is 0 Å². The van der Waals surface area contributed by atoms with Gasteiger partial charge in [0.25, 0.3) is 0 Å². The van der Waals surface area contributed by atoms with Gasteiger partial charge in [-0.2, -0.15) is 9.29 Å². The first-order valence-electron chi connectivity index (χ1n) is 10.9. The Morgan fingerprint density at radius 2 is 1.85 bits per heavy atom. The summed E-state index contributed by atoms with van der Waals surface area (Å²) >= 11 is 0. The van der Waals surface area contributed by atoms with Crippen LogP contribution in [0.25, 0.3) is 11.4 Å². The molecular weight excluding hydrogens is 446 g/mol. The van der Waals surface area contributed by atoms with E-state index in [1.54, 1.807) is 13.8 Å². The highest BCUT2D eigenvalue weighted by Gasteiger charge is 2.32. The van der Waals surface area contributed by atoms with E-state index in [4.69, 9.17) is 9.05 Å². The largest absolute Gasteiger partial charge is 0.360 e. The standard InChI is InChI=1S/C22H27N5O5S/c1-15-20(16(2)31-25-15)33(29,30)27-13-6-9-18(10-12-23-19(28)11-14-27)22-24-21(26-32-22)17-7-4-3-5-8-17/h3-5,7-8,18H,6,9-14H2,1-2H3,(H,23,28). The van der Waals surface area contributed by atoms with Crippen LogP contribution in [0.3, 0.4) is 0 Å². The Morgan fingerprint density at radius 3 is 2.58 bits per heavy atom. The number of nitrogens with zero attached hydrogens (tertiary/aromatic N) is 4. The number of carbonyl (C=O) groups is 1. The third-order valence-corrected chi connectivity index (χ3v) is 7.90. The molecule has 0 saturated carbocycles. The lowest BCUT2D eigenvalue weighted by atomic mass is 9.99. The number of sulfonamides is 1. The van der Waals surface area contributed by atoms with Gasteiger partial charge in [-0.05, 0) is 33.1 Å². The zero-order valence-electron chi connectivity index (χ0n) is 18.7. The summed E-state index contributed by atoms with van der Waals surface area (Å²) in [6.45, 7) is 3.96. The van der Waals surface area contributed by atoms with Crippen molar-refractivity contribution in [1.29, 1.82) is 0 Å². The van der Waals surface area contributed by atoms with Crippen molar-refractivity contribution in [2.45, 2.75) is 50.3 Å². The number of nitrogens with one attached hydrogen (secondary N) is 1. The van der Waals surface area contributed by atoms with E-state index >= 15 is 0 Å². The quantitative estimate of drug-likeness (QED) is 0.612. The van der Waals surface area contributed by atoms with Gasteiger partial charge >= 0.3 is 0 Å². The van der Waals surface area contributed by atoms with Gasteiger partial charge in [0.2, 0.25) is 27.6 Å². The fourth-order valence-electron chi connectivity index (χ4n) is 4.04. The lowest BCUT2D eigenvalue weighted by molar-refractivity contribution is -0.121. The molecule has 11 heteroatoms. The topological polar surface area (TPSA) is 131 Å². The van der Waals surface area contributed by atoms with E-state index in [9.17, 15) is 13.2 Å². The summed E-state index contributed by atoms with van der Waals surface area (Å²) in [7, 11) is -3.85. The van der Waals surface area contributed by atoms with Crippen LogP contribution in [-0.2, 0) is 14.8 Å². The van der Waals surface area contributed by atoms with Gasteiger partial charge in [-0.15, -0.1) is 0 Å². The molecule has 1 aromatic carbocycles. The van der Waals surface area contributed by atoms with Crippen LogP contribution >= 0.6 is 0 Å². The number of carbonyl (C=O) groups excluding carboxylic acids is 1. The normalized spacial score (nSPS) is 19.1. The Morgan fingerprint density at radius 1 is 1.06 bits per heavy atom. The second-order valence-corrected chi connectivity index (χ2v) is 9.98. The van der Waals surface area contributed by atoms with Gasteiger partial charge in [0, 0.05) is 37.5 Å². The number of hydrogen-bond donors (Lipinski definition) is 1. The predicted molar refractivity (Wildman–Crippen MR) is 119 cm³/mol. The minimum Gasteiger partial charge on any atom is -0.360 e. The minimum atomic E-state index is -3.85. The van der Waals surface area contributed by atoms with Crippen molar-refractivity contribution in [3.05, 3.63) is 47.7 Å². The predicted octanol–water partition coefficient (Wildman–Crippen LogP) is 2.81. The number of aryl methyl sites for hydroxylation is 2. The molecule has 4 rings (SSSR count). The van der Waals surface area contributed by atoms with Crippen molar-refractivity contribution >= 4 is 15.9 Å². The molecule has 0 spiro atoms. The summed E-state index contributed by atoms with van der Waals surface area (Å²) in [4.78, 5) is 17.0. The fourth-order valence-corrected chi connectivity index (χ4v) is 5.81. The SMILES string of the molecule is Cc1noc(C)c1S(=O)(=O)N1CCCC(c2nc(-c3ccccc3)no2)CCNC(=O)CC1. The maximum absolute atomic E-state index is 13.3. The van der Waals surface area contributed by atoms with Crippen molar-refractivity contribution in [2.75, 3.05) is 19.6 Å². The Hall–Kier alpha value is -3.05. The molecule has 3 heterocycles. The first-order valence-corrected chi connectivity index (χ1v) is 12.4. The van der Waals surface area contributed by atoms with E-state index in [0.29, 0.717) is 43.2 Å². The number of benzene rings is 1. The van der Waals surface area contributed by atoms with Gasteiger partial charge in [-0.3, -0.25) is 4.79 Å². The Labute approximate surface area is 192 Å². The molecule has 10 nitrogen and oxygen atoms in total. The van der Waals surface area contributed by atoms with Crippen LogP contribution < -0.4 is 5.32 Å². The summed E-state index contributed by atoms with van der Waals surface area (Å²) in [5.41, 5.74) is 1.16. The highest BCUT2D eigenvalue weighted by Crippen LogP contribution is 2.28. The van der Waals surface area contributed by atoms with Crippen molar-refractivity contribution in [1.82, 2.24) is 24.9 Å². The zero-order valence-corrected chi connectivity index (χ0v) is 19.5. The molecule has 3 aromatic rings. The van der Waals surface area contributed by atoms with Gasteiger partial charge in [0.05, 0.1) is 0 Å². The van der Waals surface area contributed by atoms with E-state index < -0.39 is 10.0 Å². The van der Waals surface area contributed by atoms with E-state index in [1.165, 1.54) is 4.31 Å². The first kappa shape index (κ1) is 23.1. The number of rotatable bonds is 4. The number of amides is 1. The molecule has 0 aliphatic carbocycles. The van der Waals surface area contributed by atoms with Crippen molar-refractivity contribution in [3.8, 4) is 11.4 Å². The molecule has 1 atom stereocenters. The molecule has 0 radical (unpaired) electrons. The van der Waals surface area contributed by atoms with E-state index in [0.717, 1.165) is 5.56 Å². The van der Waals surface area contributed by atoms with Gasteiger partial charge in [-0.25, -0.2) is 8.42 Å². The first-order chi connectivity index (χ1) is 15.9. The molecule has 2 aromatic heterocycles. The van der Waals surface area contributed by atoms with Crippen LogP contribution in [0.1, 0.15) is 48.9 Å². The molecule has 1 fully saturated rings. The molecular formula is C22H27N5O5S. The minimum absolute atomic E-state index is 0.0683. The second kappa shape index (κ2) is 9.84. The van der Waals surface area contributed by atoms with Crippen LogP contribution in [0, 0.1) is 13.8 Å². The Balaban J connectivity index is 1.54. The Kier molecular flexibility index (Phi) is 6.89. The third-order valence-electron chi connectivity index (χ3n) is 5.75. The van der Waals surface area contributed by atoms with Crippen LogP contribution in [0.15, 0.2) is 44.3 Å². The molecule has 0 bridgehead atoms. The smallest absolute Gasteiger partial charge is 0.248 e. The summed E-state index contributed by atoms with van der Waals surface area (Å²) in [6.07, 6.45) is 1.91. The molecule has 1 saturated heterocycles. The van der Waals surface area contributed by atoms with Crippen LogP contribution in [0.5, 0.6) is 0 Å². The van der Waals surface area contributed by atoms with Crippen molar-refractivity contribution in [3.63, 3.8) is 0 Å². The maximum Gasteiger partial charge on any atom is 0.248 e. The van der Waals surface area contributed by atoms with E-state index in [-0.39, 0.29) is 42.0 Å². The third kappa shape index (κ3) is 5.14. The van der Waals surface area contributed by atoms with E-state index in [1.807, 2.05) is 30.3 Å². The molecule has 33 heavy (non-hydrogen) atoms. The highest BCUT2D eigenvalue weighted by molar-refractivity contribution is 7.89. The molecule has 1 unspecified atom stereocenters. The molecule has 176 valence electrons. The van der Waals surface area contributed by atoms with Crippen molar-refractivity contribution < 1.29 is 22.3 Å². The van der Waals surface area contributed by atoms with Gasteiger partial charge in [0.15, 0.2) is 5.76 Å². The maximum atomic E-state index is 13.3. The van der Waals surface area contributed by atoms with Crippen LogP contribution in [-0.4, -0.2) is 53.6 Å². The van der Waals surface area contributed by atoms with E-state index in [2.05, 4.69) is 20.6 Å². The summed E-state index contributed by atoms with van der Waals surface area (Å²) in [5, 5.41) is 10.7. The lowest BCUT2D eigenvalue weighted by Gasteiger charge is -2.22. The highest BCUT2D eigenvalue weighted by atomic mass is 32.2. The van der Waals surface area contributed by atoms with Crippen molar-refractivity contribution in [2.24, 2.45) is 0 Å².